The van der Waals surface area contributed by atoms with Gasteiger partial charge in [-0.05, 0) is 34.7 Å². The molecule has 106 valence electrons. The maximum Gasteiger partial charge on any atom is 0.142 e. The van der Waals surface area contributed by atoms with Crippen LogP contribution in [0, 0.1) is 11.6 Å². The number of hydrogen-bond donors (Lipinski definition) is 1. The van der Waals surface area contributed by atoms with Gasteiger partial charge < -0.3 is 5.73 Å². The Morgan fingerprint density at radius 2 is 1.57 bits per heavy atom. The van der Waals surface area contributed by atoms with Crippen LogP contribution in [0.15, 0.2) is 54.6 Å². The van der Waals surface area contributed by atoms with Gasteiger partial charge in [-0.1, -0.05) is 48.0 Å². The van der Waals surface area contributed by atoms with E-state index in [1.165, 1.54) is 18.2 Å². The first-order chi connectivity index (χ1) is 10.1. The largest absolute Gasteiger partial charge is 0.320 e. The molecule has 0 radical (unpaired) electrons. The monoisotopic (exact) mass is 303 g/mol. The van der Waals surface area contributed by atoms with Crippen molar-refractivity contribution in [1.82, 2.24) is 0 Å². The number of fused-ring (bicyclic) bond motifs is 1. The molecule has 0 spiro atoms. The summed E-state index contributed by atoms with van der Waals surface area (Å²) >= 11 is 5.68. The molecule has 0 amide bonds. The molecule has 0 aliphatic heterocycles. The zero-order chi connectivity index (χ0) is 15.0. The third-order valence-corrected chi connectivity index (χ3v) is 3.85. The lowest BCUT2D eigenvalue weighted by Gasteiger charge is -2.16. The van der Waals surface area contributed by atoms with E-state index in [1.807, 2.05) is 6.07 Å². The van der Waals surface area contributed by atoms with Crippen LogP contribution in [0.2, 0.25) is 5.02 Å². The first-order valence-corrected chi connectivity index (χ1v) is 6.83. The van der Waals surface area contributed by atoms with Crippen molar-refractivity contribution < 1.29 is 8.78 Å². The van der Waals surface area contributed by atoms with Crippen molar-refractivity contribution >= 4 is 22.4 Å². The Morgan fingerprint density at radius 3 is 2.29 bits per heavy atom. The van der Waals surface area contributed by atoms with E-state index in [9.17, 15) is 8.78 Å². The summed E-state index contributed by atoms with van der Waals surface area (Å²) in [5, 5.41) is 1.27. The maximum absolute atomic E-state index is 13.8. The van der Waals surface area contributed by atoms with Gasteiger partial charge >= 0.3 is 0 Å². The summed E-state index contributed by atoms with van der Waals surface area (Å²) in [7, 11) is 0. The zero-order valence-electron chi connectivity index (χ0n) is 11.0. The molecule has 0 bridgehead atoms. The van der Waals surface area contributed by atoms with Crippen LogP contribution in [-0.4, -0.2) is 0 Å². The van der Waals surface area contributed by atoms with E-state index in [2.05, 4.69) is 0 Å². The minimum atomic E-state index is -0.553. The molecular formula is C17H12ClF2N. The molecule has 3 aromatic carbocycles. The standard InChI is InChI=1S/C17H12ClF2N/c18-14-7-5-10(9-16(14)20)17(21)13-6-8-15(19)12-4-2-1-3-11(12)13/h1-9,17H,21H2. The Bertz CT molecular complexity index is 817. The van der Waals surface area contributed by atoms with Crippen molar-refractivity contribution in [3.05, 3.63) is 82.4 Å². The van der Waals surface area contributed by atoms with Crippen LogP contribution in [0.5, 0.6) is 0 Å². The molecule has 0 aliphatic rings. The highest BCUT2D eigenvalue weighted by atomic mass is 35.5. The number of nitrogens with two attached hydrogens (primary N) is 1. The lowest BCUT2D eigenvalue weighted by molar-refractivity contribution is 0.624. The van der Waals surface area contributed by atoms with Gasteiger partial charge in [0, 0.05) is 5.39 Å². The lowest BCUT2D eigenvalue weighted by Crippen LogP contribution is -2.12. The SMILES string of the molecule is NC(c1ccc(Cl)c(F)c1)c1ccc(F)c2ccccc12. The highest BCUT2D eigenvalue weighted by molar-refractivity contribution is 6.30. The second-order valence-corrected chi connectivity index (χ2v) is 5.24. The first-order valence-electron chi connectivity index (χ1n) is 6.45. The van der Waals surface area contributed by atoms with Gasteiger partial charge in [0.25, 0.3) is 0 Å². The van der Waals surface area contributed by atoms with Gasteiger partial charge in [-0.15, -0.1) is 0 Å². The van der Waals surface area contributed by atoms with E-state index in [-0.39, 0.29) is 10.8 Å². The summed E-state index contributed by atoms with van der Waals surface area (Å²) in [4.78, 5) is 0. The molecule has 0 saturated carbocycles. The van der Waals surface area contributed by atoms with Crippen molar-refractivity contribution in [3.63, 3.8) is 0 Å². The molecule has 0 aliphatic carbocycles. The Balaban J connectivity index is 2.15. The van der Waals surface area contributed by atoms with Gasteiger partial charge in [-0.3, -0.25) is 0 Å². The van der Waals surface area contributed by atoms with Gasteiger partial charge in [-0.2, -0.15) is 0 Å². The number of benzene rings is 3. The van der Waals surface area contributed by atoms with Crippen molar-refractivity contribution in [2.24, 2.45) is 5.73 Å². The zero-order valence-corrected chi connectivity index (χ0v) is 11.7. The summed E-state index contributed by atoms with van der Waals surface area (Å²) in [6, 6.07) is 14.0. The van der Waals surface area contributed by atoms with Crippen LogP contribution in [0.3, 0.4) is 0 Å². The van der Waals surface area contributed by atoms with Crippen molar-refractivity contribution in [3.8, 4) is 0 Å². The van der Waals surface area contributed by atoms with Crippen LogP contribution in [-0.2, 0) is 0 Å². The summed E-state index contributed by atoms with van der Waals surface area (Å²) < 4.78 is 27.4. The van der Waals surface area contributed by atoms with Crippen molar-refractivity contribution in [2.75, 3.05) is 0 Å². The number of halogens is 3. The van der Waals surface area contributed by atoms with E-state index >= 15 is 0 Å². The average molecular weight is 304 g/mol. The Morgan fingerprint density at radius 1 is 0.857 bits per heavy atom. The summed E-state index contributed by atoms with van der Waals surface area (Å²) in [5.41, 5.74) is 7.55. The van der Waals surface area contributed by atoms with E-state index in [0.29, 0.717) is 10.9 Å². The number of rotatable bonds is 2. The van der Waals surface area contributed by atoms with Gasteiger partial charge in [-0.25, -0.2) is 8.78 Å². The Hall–Kier alpha value is -1.97. The molecule has 0 saturated heterocycles. The highest BCUT2D eigenvalue weighted by Crippen LogP contribution is 2.30. The second-order valence-electron chi connectivity index (χ2n) is 4.83. The molecule has 2 N–H and O–H groups in total. The minimum absolute atomic E-state index is 0.0508. The molecule has 3 rings (SSSR count). The molecule has 0 fully saturated rings. The van der Waals surface area contributed by atoms with Crippen LogP contribution in [0.25, 0.3) is 10.8 Å². The topological polar surface area (TPSA) is 26.0 Å². The fourth-order valence-electron chi connectivity index (χ4n) is 2.44. The lowest BCUT2D eigenvalue weighted by atomic mass is 9.94. The summed E-state index contributed by atoms with van der Waals surface area (Å²) in [6.07, 6.45) is 0. The maximum atomic E-state index is 13.8. The summed E-state index contributed by atoms with van der Waals surface area (Å²) in [6.45, 7) is 0. The first kappa shape index (κ1) is 14.0. The molecule has 1 unspecified atom stereocenters. The van der Waals surface area contributed by atoms with E-state index < -0.39 is 11.9 Å². The quantitative estimate of drug-likeness (QED) is 0.721. The van der Waals surface area contributed by atoms with Crippen molar-refractivity contribution in [1.29, 1.82) is 0 Å². The molecule has 3 aromatic rings. The van der Waals surface area contributed by atoms with Crippen LogP contribution < -0.4 is 5.73 Å². The molecule has 0 heterocycles. The van der Waals surface area contributed by atoms with Gasteiger partial charge in [0.2, 0.25) is 0 Å². The average Bonchev–Trinajstić information content (AvgIpc) is 2.50. The van der Waals surface area contributed by atoms with Gasteiger partial charge in [0.1, 0.15) is 11.6 Å². The van der Waals surface area contributed by atoms with Gasteiger partial charge in [0.15, 0.2) is 0 Å². The molecule has 4 heteroatoms. The normalized spacial score (nSPS) is 12.6. The summed E-state index contributed by atoms with van der Waals surface area (Å²) in [5.74, 6) is -0.820. The Kier molecular flexibility index (Phi) is 3.62. The number of hydrogen-bond acceptors (Lipinski definition) is 1. The third-order valence-electron chi connectivity index (χ3n) is 3.54. The molecule has 21 heavy (non-hydrogen) atoms. The van der Waals surface area contributed by atoms with E-state index in [4.69, 9.17) is 17.3 Å². The smallest absolute Gasteiger partial charge is 0.142 e. The third kappa shape index (κ3) is 2.50. The molecule has 1 atom stereocenters. The second kappa shape index (κ2) is 5.43. The fraction of sp³-hybridized carbons (Fsp3) is 0.0588. The minimum Gasteiger partial charge on any atom is -0.320 e. The van der Waals surface area contributed by atoms with E-state index in [1.54, 1.807) is 30.3 Å². The molecule has 1 nitrogen and oxygen atoms in total. The van der Waals surface area contributed by atoms with Crippen LogP contribution in [0.1, 0.15) is 17.2 Å². The highest BCUT2D eigenvalue weighted by Gasteiger charge is 2.15. The molecule has 0 aromatic heterocycles. The molecular weight excluding hydrogens is 292 g/mol. The van der Waals surface area contributed by atoms with Crippen molar-refractivity contribution in [2.45, 2.75) is 6.04 Å². The predicted octanol–water partition coefficient (Wildman–Crippen LogP) is 4.82. The van der Waals surface area contributed by atoms with Crippen LogP contribution >= 0.6 is 11.6 Å². The Labute approximate surface area is 126 Å². The fourth-order valence-corrected chi connectivity index (χ4v) is 2.56. The van der Waals surface area contributed by atoms with E-state index in [0.717, 1.165) is 10.9 Å². The van der Waals surface area contributed by atoms with Crippen LogP contribution in [0.4, 0.5) is 8.78 Å². The predicted molar refractivity (Wildman–Crippen MR) is 81.3 cm³/mol. The van der Waals surface area contributed by atoms with Gasteiger partial charge in [0.05, 0.1) is 11.1 Å².